The number of methoxy groups -OCH3 is 1. The Morgan fingerprint density at radius 1 is 1.21 bits per heavy atom. The van der Waals surface area contributed by atoms with E-state index in [2.05, 4.69) is 22.6 Å². The average molecular weight is 470 g/mol. The first kappa shape index (κ1) is 24.4. The Morgan fingerprint density at radius 3 is 2.59 bits per heavy atom. The molecule has 8 nitrogen and oxygen atoms in total. The van der Waals surface area contributed by atoms with Crippen LogP contribution >= 0.6 is 0 Å². The Labute approximate surface area is 201 Å². The molecule has 2 heterocycles. The minimum absolute atomic E-state index is 0.00395. The lowest BCUT2D eigenvalue weighted by Gasteiger charge is -2.44. The normalized spacial score (nSPS) is 21.0. The summed E-state index contributed by atoms with van der Waals surface area (Å²) < 4.78 is 16.9. The predicted octanol–water partition coefficient (Wildman–Crippen LogP) is 3.01. The number of aryl methyl sites for hydroxylation is 2. The topological polar surface area (TPSA) is 93.9 Å². The first-order valence-electron chi connectivity index (χ1n) is 12.1. The van der Waals surface area contributed by atoms with Gasteiger partial charge >= 0.3 is 0 Å². The van der Waals surface area contributed by atoms with Crippen LogP contribution in [0.5, 0.6) is 0 Å². The zero-order chi connectivity index (χ0) is 24.3. The van der Waals surface area contributed by atoms with Gasteiger partial charge in [-0.2, -0.15) is 0 Å². The minimum Gasteiger partial charge on any atom is -0.382 e. The molecule has 0 bridgehead atoms. The number of nitrogens with zero attached hydrogens (tertiary/aromatic N) is 2. The van der Waals surface area contributed by atoms with E-state index in [1.807, 2.05) is 37.8 Å². The van der Waals surface area contributed by atoms with Gasteiger partial charge < -0.3 is 24.2 Å². The molecule has 1 aliphatic heterocycles. The van der Waals surface area contributed by atoms with Gasteiger partial charge in [0.25, 0.3) is 0 Å². The number of fused-ring (bicyclic) bond motifs is 2. The van der Waals surface area contributed by atoms with Gasteiger partial charge in [-0.25, -0.2) is 0 Å². The van der Waals surface area contributed by atoms with E-state index in [9.17, 15) is 9.59 Å². The SMILES string of the molecule is CCC(=O)N[C@@H]1c2ccccc2C2(CCN(C(=O)Cc3c(C)noc3C)CC2)[C@H]1OCCOC. The highest BCUT2D eigenvalue weighted by Gasteiger charge is 2.54. The summed E-state index contributed by atoms with van der Waals surface area (Å²) in [6.07, 6.45) is 2.05. The Morgan fingerprint density at radius 2 is 1.94 bits per heavy atom. The highest BCUT2D eigenvalue weighted by Crippen LogP contribution is 2.52. The molecular formula is C26H35N3O5. The van der Waals surface area contributed by atoms with Crippen LogP contribution in [0.1, 0.15) is 60.4 Å². The van der Waals surface area contributed by atoms with E-state index in [0.717, 1.165) is 29.7 Å². The summed E-state index contributed by atoms with van der Waals surface area (Å²) in [5.74, 6) is 0.789. The lowest BCUT2D eigenvalue weighted by molar-refractivity contribution is -0.133. The van der Waals surface area contributed by atoms with Crippen molar-refractivity contribution in [2.24, 2.45) is 0 Å². The van der Waals surface area contributed by atoms with Crippen molar-refractivity contribution in [2.45, 2.75) is 64.0 Å². The Balaban J connectivity index is 1.57. The quantitative estimate of drug-likeness (QED) is 0.598. The van der Waals surface area contributed by atoms with E-state index in [0.29, 0.717) is 44.9 Å². The fourth-order valence-electron chi connectivity index (χ4n) is 5.53. The van der Waals surface area contributed by atoms with E-state index in [-0.39, 0.29) is 29.4 Å². The molecular weight excluding hydrogens is 434 g/mol. The third-order valence-electron chi connectivity index (χ3n) is 7.42. The van der Waals surface area contributed by atoms with Gasteiger partial charge in [0.2, 0.25) is 11.8 Å². The van der Waals surface area contributed by atoms with Gasteiger partial charge in [-0.3, -0.25) is 9.59 Å². The van der Waals surface area contributed by atoms with E-state index in [1.54, 1.807) is 7.11 Å². The number of hydrogen-bond donors (Lipinski definition) is 1. The maximum Gasteiger partial charge on any atom is 0.227 e. The van der Waals surface area contributed by atoms with Crippen molar-refractivity contribution >= 4 is 11.8 Å². The summed E-state index contributed by atoms with van der Waals surface area (Å²) in [6.45, 7) is 7.77. The number of carbonyl (C=O) groups is 2. The molecule has 1 aromatic heterocycles. The zero-order valence-corrected chi connectivity index (χ0v) is 20.6. The Kier molecular flexibility index (Phi) is 7.38. The molecule has 0 radical (unpaired) electrons. The van der Waals surface area contributed by atoms with Gasteiger partial charge in [-0.05, 0) is 37.8 Å². The number of likely N-dealkylation sites (tertiary alicyclic amines) is 1. The van der Waals surface area contributed by atoms with Crippen molar-refractivity contribution in [3.63, 3.8) is 0 Å². The number of piperidine rings is 1. The van der Waals surface area contributed by atoms with Gasteiger partial charge in [0, 0.05) is 37.6 Å². The minimum atomic E-state index is -0.268. The second kappa shape index (κ2) is 10.3. The lowest BCUT2D eigenvalue weighted by Crippen LogP contribution is -2.52. The maximum atomic E-state index is 13.1. The molecule has 2 aromatic rings. The molecule has 1 aliphatic carbocycles. The summed E-state index contributed by atoms with van der Waals surface area (Å²) >= 11 is 0. The first-order valence-corrected chi connectivity index (χ1v) is 12.1. The van der Waals surface area contributed by atoms with Crippen LogP contribution in [0, 0.1) is 13.8 Å². The van der Waals surface area contributed by atoms with Crippen LogP contribution in [0.4, 0.5) is 0 Å². The number of rotatable bonds is 8. The number of ether oxygens (including phenoxy) is 2. The molecule has 34 heavy (non-hydrogen) atoms. The molecule has 1 aromatic carbocycles. The number of carbonyl (C=O) groups excluding carboxylic acids is 2. The molecule has 1 spiro atoms. The molecule has 184 valence electrons. The summed E-state index contributed by atoms with van der Waals surface area (Å²) in [6, 6.07) is 8.09. The summed E-state index contributed by atoms with van der Waals surface area (Å²) in [4.78, 5) is 27.5. The van der Waals surface area contributed by atoms with Crippen LogP contribution in [-0.4, -0.2) is 61.4 Å². The monoisotopic (exact) mass is 469 g/mol. The molecule has 2 aliphatic rings. The molecule has 0 unspecified atom stereocenters. The highest BCUT2D eigenvalue weighted by atomic mass is 16.5. The average Bonchev–Trinajstić information content (AvgIpc) is 3.29. The third-order valence-corrected chi connectivity index (χ3v) is 7.42. The number of aromatic nitrogens is 1. The fourth-order valence-corrected chi connectivity index (χ4v) is 5.53. The summed E-state index contributed by atoms with van der Waals surface area (Å²) in [5.41, 5.74) is 3.71. The van der Waals surface area contributed by atoms with Gasteiger partial charge in [0.05, 0.1) is 37.5 Å². The summed E-state index contributed by atoms with van der Waals surface area (Å²) in [5, 5.41) is 7.18. The van der Waals surface area contributed by atoms with Crippen LogP contribution in [0.25, 0.3) is 0 Å². The fraction of sp³-hybridized carbons (Fsp3) is 0.577. The molecule has 1 fully saturated rings. The van der Waals surface area contributed by atoms with Crippen LogP contribution in [0.3, 0.4) is 0 Å². The van der Waals surface area contributed by atoms with Gasteiger partial charge in [-0.1, -0.05) is 36.3 Å². The third kappa shape index (κ3) is 4.49. The second-order valence-corrected chi connectivity index (χ2v) is 9.29. The van der Waals surface area contributed by atoms with E-state index in [1.165, 1.54) is 5.56 Å². The van der Waals surface area contributed by atoms with Crippen molar-refractivity contribution in [1.29, 1.82) is 0 Å². The van der Waals surface area contributed by atoms with Crippen molar-refractivity contribution in [1.82, 2.24) is 15.4 Å². The van der Waals surface area contributed by atoms with Gasteiger partial charge in [-0.15, -0.1) is 0 Å². The second-order valence-electron chi connectivity index (χ2n) is 9.29. The zero-order valence-electron chi connectivity index (χ0n) is 20.6. The predicted molar refractivity (Wildman–Crippen MR) is 126 cm³/mol. The molecule has 0 saturated carbocycles. The Bertz CT molecular complexity index is 1010. The van der Waals surface area contributed by atoms with E-state index >= 15 is 0 Å². The molecule has 8 heteroatoms. The largest absolute Gasteiger partial charge is 0.382 e. The Hall–Kier alpha value is -2.71. The number of amides is 2. The van der Waals surface area contributed by atoms with Crippen LogP contribution in [-0.2, 0) is 30.9 Å². The van der Waals surface area contributed by atoms with Crippen molar-refractivity contribution in [3.05, 3.63) is 52.4 Å². The standard InChI is InChI=1S/C26H35N3O5/c1-5-22(30)27-24-19-8-6-7-9-21(19)26(25(24)33-15-14-32-4)10-12-29(13-11-26)23(31)16-20-17(2)28-34-18(20)3/h6-9,24-25H,5,10-16H2,1-4H3,(H,27,30)/t24-,25+/m1/s1. The maximum absolute atomic E-state index is 13.1. The molecule has 1 saturated heterocycles. The van der Waals surface area contributed by atoms with Crippen molar-refractivity contribution in [2.75, 3.05) is 33.4 Å². The molecule has 2 atom stereocenters. The first-order chi connectivity index (χ1) is 16.4. The van der Waals surface area contributed by atoms with Crippen LogP contribution < -0.4 is 5.32 Å². The highest BCUT2D eigenvalue weighted by molar-refractivity contribution is 5.79. The van der Waals surface area contributed by atoms with E-state index in [4.69, 9.17) is 14.0 Å². The smallest absolute Gasteiger partial charge is 0.227 e. The van der Waals surface area contributed by atoms with Crippen molar-refractivity contribution in [3.8, 4) is 0 Å². The van der Waals surface area contributed by atoms with Gasteiger partial charge in [0.15, 0.2) is 0 Å². The van der Waals surface area contributed by atoms with Crippen molar-refractivity contribution < 1.29 is 23.6 Å². The summed E-state index contributed by atoms with van der Waals surface area (Å²) in [7, 11) is 1.65. The molecule has 1 N–H and O–H groups in total. The molecule has 2 amide bonds. The number of benzene rings is 1. The van der Waals surface area contributed by atoms with Crippen LogP contribution in [0.2, 0.25) is 0 Å². The van der Waals surface area contributed by atoms with Gasteiger partial charge in [0.1, 0.15) is 5.76 Å². The molecule has 4 rings (SSSR count). The van der Waals surface area contributed by atoms with E-state index < -0.39 is 0 Å². The van der Waals surface area contributed by atoms with Crippen LogP contribution in [0.15, 0.2) is 28.8 Å². The lowest BCUT2D eigenvalue weighted by atomic mass is 9.71. The number of hydrogen-bond acceptors (Lipinski definition) is 6. The number of nitrogens with one attached hydrogen (secondary N) is 1.